The predicted octanol–water partition coefficient (Wildman–Crippen LogP) is 4.62. The van der Waals surface area contributed by atoms with E-state index in [4.69, 9.17) is 0 Å². The molecule has 0 nitrogen and oxygen atoms in total. The second-order valence-electron chi connectivity index (χ2n) is 11.9. The Hall–Kier alpha value is 0.736. The first-order valence-corrected chi connectivity index (χ1v) is 16.8. The average Bonchev–Trinajstić information content (AvgIpc) is 3.12. The van der Waals surface area contributed by atoms with Crippen molar-refractivity contribution >= 4 is 8.07 Å². The third kappa shape index (κ3) is 0.0482. The van der Waals surface area contributed by atoms with Gasteiger partial charge in [0, 0.05) is 0 Å². The van der Waals surface area contributed by atoms with Crippen LogP contribution in [-0.2, 0) is 6.51 Å². The summed E-state index contributed by atoms with van der Waals surface area (Å²) >= 11 is 0. The maximum absolute atomic E-state index is 2.79. The van der Waals surface area contributed by atoms with Crippen molar-refractivity contribution in [1.82, 2.24) is 0 Å². The van der Waals surface area contributed by atoms with Crippen LogP contribution in [0.2, 0.25) is 66.9 Å². The van der Waals surface area contributed by atoms with E-state index < -0.39 is 14.6 Å². The molecule has 0 amide bonds. The zero-order valence-corrected chi connectivity index (χ0v) is 11.7. The standard InChI is InChI=1S/C8H13Si.C5H5.Fe/c1-9(2,3)8-6-4-5-7-8;1-2-4-5-3-1;/h4-7H,1-3H3;1-5H;. The summed E-state index contributed by atoms with van der Waals surface area (Å²) in [6.07, 6.45) is 0. The van der Waals surface area contributed by atoms with Crippen LogP contribution >= 0.6 is 0 Å². The SMILES string of the molecule is C[Si](C)(C)[C]12[CH]3[CH]4[CH]5[CH]1[Fe]45321678[CH]2[CH]1[CH]6[CH]7[CH]28. The van der Waals surface area contributed by atoms with Gasteiger partial charge in [-0.15, -0.1) is 0 Å². The molecule has 10 saturated heterocycles. The minimum atomic E-state index is -2.63. The van der Waals surface area contributed by atoms with Crippen molar-refractivity contribution in [3.05, 3.63) is 0 Å². The molecule has 4 atom stereocenters. The van der Waals surface area contributed by atoms with Crippen molar-refractivity contribution in [1.29, 1.82) is 0 Å². The Labute approximate surface area is 81.5 Å². The van der Waals surface area contributed by atoms with E-state index in [-0.39, 0.29) is 0 Å². The molecule has 1 spiro atoms. The molecule has 0 aromatic rings. The van der Waals surface area contributed by atoms with Gasteiger partial charge >= 0.3 is 81.5 Å². The average molecular weight is 258 g/mol. The number of hydrogen-bond acceptors (Lipinski definition) is 0. The third-order valence-corrected chi connectivity index (χ3v) is 67.6. The predicted molar refractivity (Wildman–Crippen MR) is 59.8 cm³/mol. The van der Waals surface area contributed by atoms with Crippen molar-refractivity contribution in [3.63, 3.8) is 0 Å². The maximum atomic E-state index is 2.79. The molecule has 2 heteroatoms. The van der Waals surface area contributed by atoms with Crippen LogP contribution in [0.3, 0.4) is 0 Å². The zero-order valence-electron chi connectivity index (χ0n) is 9.55. The molecular weight excluding hydrogens is 240 g/mol. The van der Waals surface area contributed by atoms with E-state index in [0.717, 1.165) is 0 Å². The normalized spacial score (nSPS) is 135. The van der Waals surface area contributed by atoms with E-state index in [1.807, 2.05) is 0 Å². The fraction of sp³-hybridized carbons (Fsp3) is 1.00. The fourth-order valence-electron chi connectivity index (χ4n) is 18.3. The summed E-state index contributed by atoms with van der Waals surface area (Å²) in [4.78, 5) is 14.0. The van der Waals surface area contributed by atoms with E-state index in [2.05, 4.69) is 19.6 Å². The van der Waals surface area contributed by atoms with Crippen molar-refractivity contribution in [2.45, 2.75) is 66.9 Å². The van der Waals surface area contributed by atoms with Gasteiger partial charge in [-0.2, -0.15) is 0 Å². The van der Waals surface area contributed by atoms with Crippen LogP contribution in [0, 0.1) is 0 Å². The van der Waals surface area contributed by atoms with E-state index in [0.29, 0.717) is 0 Å². The summed E-state index contributed by atoms with van der Waals surface area (Å²) in [6.45, 7) is 5.73. The van der Waals surface area contributed by atoms with Crippen LogP contribution in [0.15, 0.2) is 0 Å². The summed E-state index contributed by atoms with van der Waals surface area (Å²) in [7, 11) is -0.801. The van der Waals surface area contributed by atoms with Gasteiger partial charge in [0.2, 0.25) is 0 Å². The molecule has 10 heterocycles. The van der Waals surface area contributed by atoms with Crippen molar-refractivity contribution in [2.24, 2.45) is 0 Å². The molecule has 15 heavy (non-hydrogen) atoms. The Morgan fingerprint density at radius 2 is 1.13 bits per heavy atom. The second kappa shape index (κ2) is 0.387. The van der Waals surface area contributed by atoms with Gasteiger partial charge < -0.3 is 0 Å². The molecule has 4 unspecified atom stereocenters. The van der Waals surface area contributed by atoms with Gasteiger partial charge in [-0.25, -0.2) is 0 Å². The molecule has 0 aromatic carbocycles. The van der Waals surface area contributed by atoms with E-state index in [1.54, 1.807) is 43.3 Å². The third-order valence-electron chi connectivity index (χ3n) is 15.8. The van der Waals surface area contributed by atoms with Gasteiger partial charge in [0.25, 0.3) is 0 Å². The molecule has 0 saturated carbocycles. The Balaban J connectivity index is 1.85. The molecule has 0 bridgehead atoms. The van der Waals surface area contributed by atoms with Gasteiger partial charge in [0.05, 0.1) is 0 Å². The van der Waals surface area contributed by atoms with Crippen molar-refractivity contribution in [3.8, 4) is 0 Å². The van der Waals surface area contributed by atoms with Gasteiger partial charge in [0.15, 0.2) is 0 Å². The Morgan fingerprint density at radius 3 is 1.20 bits per heavy atom. The topological polar surface area (TPSA) is 0 Å². The monoisotopic (exact) mass is 258 g/mol. The molecule has 10 fully saturated rings. The Kier molecular flexibility index (Phi) is 0.144. The molecule has 0 aliphatic carbocycles. The van der Waals surface area contributed by atoms with Crippen LogP contribution in [0.4, 0.5) is 0 Å². The molecule has 82 valence electrons. The van der Waals surface area contributed by atoms with Crippen LogP contribution in [0.25, 0.3) is 0 Å². The molecule has 10 rings (SSSR count). The van der Waals surface area contributed by atoms with E-state index >= 15 is 0 Å². The van der Waals surface area contributed by atoms with Crippen molar-refractivity contribution in [2.75, 3.05) is 0 Å². The number of hydrogen-bond donors (Lipinski definition) is 0. The summed E-state index contributed by atoms with van der Waals surface area (Å²) < 4.78 is 1.27. The Bertz CT molecular complexity index is 839. The van der Waals surface area contributed by atoms with Crippen molar-refractivity contribution < 1.29 is 6.51 Å². The minimum absolute atomic E-state index is 0.801. The zero-order chi connectivity index (χ0) is 9.51. The van der Waals surface area contributed by atoms with Gasteiger partial charge in [-0.1, -0.05) is 0 Å². The first kappa shape index (κ1) is 5.58. The Morgan fingerprint density at radius 1 is 0.733 bits per heavy atom. The quantitative estimate of drug-likeness (QED) is 0.602. The van der Waals surface area contributed by atoms with Gasteiger partial charge in [0.1, 0.15) is 0 Å². The number of fused-ring (bicyclic) bond motifs is 10. The van der Waals surface area contributed by atoms with Crippen LogP contribution in [0.5, 0.6) is 0 Å². The van der Waals surface area contributed by atoms with Crippen LogP contribution in [-0.4, -0.2) is 8.07 Å². The summed E-state index contributed by atoms with van der Waals surface area (Å²) in [5, 5.41) is 0. The second-order valence-corrected chi connectivity index (χ2v) is 41.3. The fourth-order valence-corrected chi connectivity index (χ4v) is 119. The van der Waals surface area contributed by atoms with E-state index in [9.17, 15) is 0 Å². The van der Waals surface area contributed by atoms with Gasteiger partial charge in [-0.3, -0.25) is 0 Å². The summed E-state index contributed by atoms with van der Waals surface area (Å²) in [5.74, 6) is 0. The molecule has 0 radical (unpaired) electrons. The molecule has 10 aliphatic rings. The first-order chi connectivity index (χ1) is 6.80. The van der Waals surface area contributed by atoms with Crippen LogP contribution < -0.4 is 0 Å². The summed E-state index contributed by atoms with van der Waals surface area (Å²) in [6, 6.07) is 0. The molecular formula is C13H18FeSi. The molecule has 0 aromatic heterocycles. The first-order valence-electron chi connectivity index (χ1n) is 7.01. The summed E-state index contributed by atoms with van der Waals surface area (Å²) in [5.41, 5.74) is 0. The number of rotatable bonds is 1. The molecule has 10 aliphatic heterocycles. The van der Waals surface area contributed by atoms with Crippen LogP contribution in [0.1, 0.15) is 0 Å². The van der Waals surface area contributed by atoms with Gasteiger partial charge in [-0.05, 0) is 0 Å². The van der Waals surface area contributed by atoms with E-state index in [1.165, 1.54) is 3.94 Å². The molecule has 0 N–H and O–H groups in total.